The van der Waals surface area contributed by atoms with E-state index in [0.717, 1.165) is 23.6 Å². The first-order valence-corrected chi connectivity index (χ1v) is 11.7. The van der Waals surface area contributed by atoms with Gasteiger partial charge in [-0.1, -0.05) is 13.0 Å². The molecule has 0 saturated carbocycles. The monoisotopic (exact) mass is 465 g/mol. The van der Waals surface area contributed by atoms with Crippen LogP contribution in [0, 0.1) is 13.8 Å². The summed E-state index contributed by atoms with van der Waals surface area (Å²) in [6.07, 6.45) is 0.960. The Bertz CT molecular complexity index is 1380. The molecule has 33 heavy (non-hydrogen) atoms. The molecular weight excluding hydrogens is 438 g/mol. The third-order valence-electron chi connectivity index (χ3n) is 5.62. The number of nitrogens with one attached hydrogen (secondary N) is 1. The second kappa shape index (κ2) is 9.19. The highest BCUT2D eigenvalue weighted by molar-refractivity contribution is 7.15. The van der Waals surface area contributed by atoms with E-state index in [1.807, 2.05) is 63.4 Å². The van der Waals surface area contributed by atoms with Gasteiger partial charge in [-0.25, -0.2) is 9.67 Å². The van der Waals surface area contributed by atoms with Crippen LogP contribution in [0.4, 0.5) is 0 Å². The summed E-state index contributed by atoms with van der Waals surface area (Å²) in [6.45, 7) is 7.72. The van der Waals surface area contributed by atoms with E-state index in [1.54, 1.807) is 11.8 Å². The summed E-state index contributed by atoms with van der Waals surface area (Å²) in [4.78, 5) is 31.2. The molecule has 9 heteroatoms. The number of methoxy groups -OCH3 is 1. The Hall–Kier alpha value is -3.46. The molecule has 0 aliphatic carbocycles. The topological polar surface area (TPSA) is 90.5 Å². The summed E-state index contributed by atoms with van der Waals surface area (Å²) in [5, 5.41) is 9.49. The number of hydrogen-bond acceptors (Lipinski definition) is 6. The van der Waals surface area contributed by atoms with Crippen molar-refractivity contribution in [3.05, 3.63) is 63.1 Å². The summed E-state index contributed by atoms with van der Waals surface area (Å²) in [6, 6.07) is 9.54. The van der Waals surface area contributed by atoms with Gasteiger partial charge in [0.05, 0.1) is 30.5 Å². The number of carbonyl (C=O) groups is 1. The molecule has 1 amide bonds. The first-order chi connectivity index (χ1) is 15.8. The second-order valence-electron chi connectivity index (χ2n) is 8.06. The SMILES string of the molecule is CCC(C)NC(=O)Cc1csc2nc(C)c(-c3cc(C)n(-c4cccc(OC)c4)n3)c(=O)n12. The van der Waals surface area contributed by atoms with Gasteiger partial charge in [0.15, 0.2) is 4.96 Å². The number of fused-ring (bicyclic) bond motifs is 1. The lowest BCUT2D eigenvalue weighted by Crippen LogP contribution is -2.34. The van der Waals surface area contributed by atoms with E-state index in [9.17, 15) is 9.59 Å². The molecule has 3 aromatic heterocycles. The van der Waals surface area contributed by atoms with Crippen molar-refractivity contribution >= 4 is 22.2 Å². The van der Waals surface area contributed by atoms with Gasteiger partial charge in [-0.15, -0.1) is 11.3 Å². The molecule has 0 radical (unpaired) electrons. The van der Waals surface area contributed by atoms with E-state index < -0.39 is 0 Å². The fourth-order valence-electron chi connectivity index (χ4n) is 3.72. The number of hydrogen-bond donors (Lipinski definition) is 1. The minimum Gasteiger partial charge on any atom is -0.497 e. The minimum absolute atomic E-state index is 0.0820. The maximum absolute atomic E-state index is 13.6. The van der Waals surface area contributed by atoms with Crippen molar-refractivity contribution in [1.82, 2.24) is 24.5 Å². The molecule has 1 aromatic carbocycles. The van der Waals surface area contributed by atoms with Crippen LogP contribution in [0.25, 0.3) is 21.9 Å². The third kappa shape index (κ3) is 4.41. The molecule has 0 saturated heterocycles. The number of amides is 1. The fourth-order valence-corrected chi connectivity index (χ4v) is 4.64. The Labute approximate surface area is 195 Å². The smallest absolute Gasteiger partial charge is 0.268 e. The van der Waals surface area contributed by atoms with Crippen LogP contribution in [-0.4, -0.2) is 38.2 Å². The molecule has 0 aliphatic heterocycles. The molecule has 8 nitrogen and oxygen atoms in total. The minimum atomic E-state index is -0.222. The number of carbonyl (C=O) groups excluding carboxylic acids is 1. The molecule has 4 aromatic rings. The van der Waals surface area contributed by atoms with Crippen molar-refractivity contribution < 1.29 is 9.53 Å². The van der Waals surface area contributed by atoms with Crippen LogP contribution >= 0.6 is 11.3 Å². The summed E-state index contributed by atoms with van der Waals surface area (Å²) in [5.74, 6) is 0.609. The average molecular weight is 466 g/mol. The number of thiazole rings is 1. The summed E-state index contributed by atoms with van der Waals surface area (Å²) >= 11 is 1.35. The van der Waals surface area contributed by atoms with Crippen molar-refractivity contribution in [3.63, 3.8) is 0 Å². The standard InChI is InChI=1S/C24H27N5O3S/c1-6-14(2)25-21(30)12-18-13-33-24-26-16(4)22(23(31)28(18)24)20-10-15(3)29(27-20)17-8-7-9-19(11-17)32-5/h7-11,13-14H,6,12H2,1-5H3,(H,25,30). The lowest BCUT2D eigenvalue weighted by molar-refractivity contribution is -0.121. The van der Waals surface area contributed by atoms with Crippen molar-refractivity contribution in [1.29, 1.82) is 0 Å². The average Bonchev–Trinajstić information content (AvgIpc) is 3.36. The van der Waals surface area contributed by atoms with Gasteiger partial charge in [-0.3, -0.25) is 14.0 Å². The van der Waals surface area contributed by atoms with Gasteiger partial charge in [-0.05, 0) is 45.4 Å². The van der Waals surface area contributed by atoms with Crippen molar-refractivity contribution in [2.45, 2.75) is 46.6 Å². The Balaban J connectivity index is 1.77. The first kappa shape index (κ1) is 22.7. The number of ether oxygens (including phenoxy) is 1. The number of nitrogens with zero attached hydrogens (tertiary/aromatic N) is 4. The Morgan fingerprint density at radius 1 is 1.27 bits per heavy atom. The molecule has 172 valence electrons. The second-order valence-corrected chi connectivity index (χ2v) is 8.90. The van der Waals surface area contributed by atoms with Crippen LogP contribution < -0.4 is 15.6 Å². The predicted octanol–water partition coefficient (Wildman–Crippen LogP) is 3.69. The van der Waals surface area contributed by atoms with E-state index in [2.05, 4.69) is 10.3 Å². The zero-order valence-electron chi connectivity index (χ0n) is 19.4. The van der Waals surface area contributed by atoms with Gasteiger partial charge in [0, 0.05) is 28.9 Å². The van der Waals surface area contributed by atoms with E-state index in [-0.39, 0.29) is 23.9 Å². The Kier molecular flexibility index (Phi) is 6.33. The number of aromatic nitrogens is 4. The van der Waals surface area contributed by atoms with Crippen LogP contribution in [-0.2, 0) is 11.2 Å². The van der Waals surface area contributed by atoms with Crippen molar-refractivity contribution in [3.8, 4) is 22.7 Å². The molecule has 1 atom stereocenters. The zero-order chi connectivity index (χ0) is 23.7. The predicted molar refractivity (Wildman–Crippen MR) is 130 cm³/mol. The van der Waals surface area contributed by atoms with Crippen LogP contribution in [0.3, 0.4) is 0 Å². The number of rotatable bonds is 7. The van der Waals surface area contributed by atoms with Gasteiger partial charge in [0.25, 0.3) is 5.56 Å². The van der Waals surface area contributed by atoms with E-state index in [0.29, 0.717) is 27.6 Å². The first-order valence-electron chi connectivity index (χ1n) is 10.8. The molecule has 1 unspecified atom stereocenters. The third-order valence-corrected chi connectivity index (χ3v) is 6.50. The highest BCUT2D eigenvalue weighted by Crippen LogP contribution is 2.24. The quantitative estimate of drug-likeness (QED) is 0.450. The summed E-state index contributed by atoms with van der Waals surface area (Å²) < 4.78 is 8.63. The van der Waals surface area contributed by atoms with Gasteiger partial charge in [-0.2, -0.15) is 5.10 Å². The number of aryl methyl sites for hydroxylation is 2. The maximum Gasteiger partial charge on any atom is 0.268 e. The lowest BCUT2D eigenvalue weighted by atomic mass is 10.1. The van der Waals surface area contributed by atoms with Gasteiger partial charge < -0.3 is 10.1 Å². The molecule has 4 rings (SSSR count). The largest absolute Gasteiger partial charge is 0.497 e. The summed E-state index contributed by atoms with van der Waals surface area (Å²) in [5.41, 5.74) is 3.69. The molecule has 0 aliphatic rings. The fraction of sp³-hybridized carbons (Fsp3) is 0.333. The normalized spacial score (nSPS) is 12.2. The Morgan fingerprint density at radius 3 is 2.79 bits per heavy atom. The maximum atomic E-state index is 13.6. The zero-order valence-corrected chi connectivity index (χ0v) is 20.2. The Morgan fingerprint density at radius 2 is 2.06 bits per heavy atom. The molecule has 0 spiro atoms. The van der Waals surface area contributed by atoms with Crippen LogP contribution in [0.5, 0.6) is 5.75 Å². The van der Waals surface area contributed by atoms with Gasteiger partial charge in [0.1, 0.15) is 11.4 Å². The van der Waals surface area contributed by atoms with E-state index in [1.165, 1.54) is 15.7 Å². The molecule has 3 heterocycles. The molecule has 1 N–H and O–H groups in total. The molecule has 0 bridgehead atoms. The van der Waals surface area contributed by atoms with Gasteiger partial charge in [0.2, 0.25) is 5.91 Å². The highest BCUT2D eigenvalue weighted by Gasteiger charge is 2.20. The van der Waals surface area contributed by atoms with Gasteiger partial charge >= 0.3 is 0 Å². The van der Waals surface area contributed by atoms with Crippen LogP contribution in [0.15, 0.2) is 40.5 Å². The molecule has 0 fully saturated rings. The lowest BCUT2D eigenvalue weighted by Gasteiger charge is -2.11. The van der Waals surface area contributed by atoms with E-state index >= 15 is 0 Å². The van der Waals surface area contributed by atoms with Crippen molar-refractivity contribution in [2.75, 3.05) is 7.11 Å². The van der Waals surface area contributed by atoms with E-state index in [4.69, 9.17) is 9.84 Å². The number of benzene rings is 1. The molecular formula is C24H27N5O3S. The van der Waals surface area contributed by atoms with Crippen molar-refractivity contribution in [2.24, 2.45) is 0 Å². The van der Waals surface area contributed by atoms with Crippen LogP contribution in [0.2, 0.25) is 0 Å². The highest BCUT2D eigenvalue weighted by atomic mass is 32.1. The summed E-state index contributed by atoms with van der Waals surface area (Å²) in [7, 11) is 1.62. The van der Waals surface area contributed by atoms with Crippen LogP contribution in [0.1, 0.15) is 37.4 Å².